The van der Waals surface area contributed by atoms with E-state index >= 15 is 0 Å². The van der Waals surface area contributed by atoms with Crippen molar-refractivity contribution in [2.75, 3.05) is 37.9 Å². The Hall–Kier alpha value is -1.79. The van der Waals surface area contributed by atoms with Crippen molar-refractivity contribution in [3.05, 3.63) is 23.8 Å². The number of carboxylic acid groups (broad SMARTS) is 1. The minimum Gasteiger partial charge on any atom is -0.478 e. The molecule has 4 N–H and O–H groups in total. The second kappa shape index (κ2) is 5.46. The Morgan fingerprint density at radius 2 is 2.42 bits per heavy atom. The normalized spacial score (nSPS) is 22.4. The fourth-order valence-corrected chi connectivity index (χ4v) is 2.16. The van der Waals surface area contributed by atoms with E-state index in [-0.39, 0.29) is 5.56 Å². The maximum Gasteiger partial charge on any atom is 0.337 e. The molecule has 104 valence electrons. The number of aromatic carboxylic acids is 1. The van der Waals surface area contributed by atoms with Crippen LogP contribution in [0.4, 0.5) is 11.4 Å². The molecule has 0 saturated carbocycles. The van der Waals surface area contributed by atoms with Crippen molar-refractivity contribution in [2.24, 2.45) is 0 Å². The van der Waals surface area contributed by atoms with Crippen LogP contribution in [0.5, 0.6) is 0 Å². The zero-order chi connectivity index (χ0) is 13.9. The van der Waals surface area contributed by atoms with Crippen molar-refractivity contribution < 1.29 is 19.4 Å². The number of carboxylic acids is 1. The molecule has 1 aromatic carbocycles. The maximum atomic E-state index is 11.2. The topological polar surface area (TPSA) is 93.8 Å². The van der Waals surface area contributed by atoms with Gasteiger partial charge in [0, 0.05) is 26.7 Å². The van der Waals surface area contributed by atoms with Crippen LogP contribution in [0.3, 0.4) is 0 Å². The summed E-state index contributed by atoms with van der Waals surface area (Å²) in [6, 6.07) is 4.81. The number of methoxy groups -OCH3 is 1. The largest absolute Gasteiger partial charge is 0.478 e. The molecule has 1 aliphatic heterocycles. The van der Waals surface area contributed by atoms with Crippen LogP contribution in [0.1, 0.15) is 16.8 Å². The summed E-state index contributed by atoms with van der Waals surface area (Å²) in [7, 11) is 1.63. The lowest BCUT2D eigenvalue weighted by Gasteiger charge is -2.27. The Bertz CT molecular complexity index is 470. The number of anilines is 2. The van der Waals surface area contributed by atoms with E-state index in [2.05, 4.69) is 5.32 Å². The molecule has 0 aliphatic carbocycles. The van der Waals surface area contributed by atoms with Crippen LogP contribution in [-0.4, -0.2) is 43.5 Å². The van der Waals surface area contributed by atoms with E-state index in [1.54, 1.807) is 19.2 Å². The predicted molar refractivity (Wildman–Crippen MR) is 71.5 cm³/mol. The van der Waals surface area contributed by atoms with Gasteiger partial charge in [0.25, 0.3) is 0 Å². The fourth-order valence-electron chi connectivity index (χ4n) is 2.16. The van der Waals surface area contributed by atoms with Gasteiger partial charge in [0.15, 0.2) is 0 Å². The van der Waals surface area contributed by atoms with Gasteiger partial charge in [-0.05, 0) is 12.1 Å². The zero-order valence-corrected chi connectivity index (χ0v) is 10.8. The van der Waals surface area contributed by atoms with Crippen molar-refractivity contribution in [3.8, 4) is 0 Å². The molecule has 0 radical (unpaired) electrons. The van der Waals surface area contributed by atoms with Gasteiger partial charge < -0.3 is 25.6 Å². The molecule has 6 nitrogen and oxygen atoms in total. The highest BCUT2D eigenvalue weighted by Crippen LogP contribution is 2.27. The summed E-state index contributed by atoms with van der Waals surface area (Å²) in [6.45, 7) is 1.59. The highest BCUT2D eigenvalue weighted by molar-refractivity contribution is 5.97. The highest BCUT2D eigenvalue weighted by atomic mass is 16.5. The predicted octanol–water partition coefficient (Wildman–Crippen LogP) is 1.18. The molecule has 0 aromatic heterocycles. The molecule has 1 aliphatic rings. The van der Waals surface area contributed by atoms with E-state index in [4.69, 9.17) is 20.3 Å². The van der Waals surface area contributed by atoms with Gasteiger partial charge in [0.05, 0.1) is 23.5 Å². The van der Waals surface area contributed by atoms with Gasteiger partial charge in [-0.2, -0.15) is 0 Å². The molecule has 1 saturated heterocycles. The lowest BCUT2D eigenvalue weighted by Crippen LogP contribution is -2.40. The number of benzene rings is 1. The lowest BCUT2D eigenvalue weighted by atomic mass is 10.0. The fraction of sp³-hybridized carbons (Fsp3) is 0.462. The minimum atomic E-state index is -1.01. The summed E-state index contributed by atoms with van der Waals surface area (Å²) in [5, 5.41) is 12.2. The summed E-state index contributed by atoms with van der Waals surface area (Å²) in [4.78, 5) is 11.2. The monoisotopic (exact) mass is 266 g/mol. The zero-order valence-electron chi connectivity index (χ0n) is 10.8. The van der Waals surface area contributed by atoms with Crippen LogP contribution in [0, 0.1) is 0 Å². The summed E-state index contributed by atoms with van der Waals surface area (Å²) in [5.74, 6) is -1.01. The molecular formula is C13H18N2O4. The Labute approximate surface area is 111 Å². The molecule has 0 amide bonds. The standard InChI is InChI=1S/C13H18N2O4/c1-18-13(5-6-19-8-13)7-15-11-9(12(16)17)3-2-4-10(11)14/h2-4,15H,5-8,14H2,1H3,(H,16,17). The van der Waals surface area contributed by atoms with Gasteiger partial charge in [-0.3, -0.25) is 0 Å². The molecular weight excluding hydrogens is 248 g/mol. The van der Waals surface area contributed by atoms with E-state index in [1.807, 2.05) is 0 Å². The van der Waals surface area contributed by atoms with Crippen molar-refractivity contribution in [1.29, 1.82) is 0 Å². The molecule has 1 fully saturated rings. The van der Waals surface area contributed by atoms with E-state index in [0.29, 0.717) is 31.1 Å². The first-order chi connectivity index (χ1) is 9.08. The molecule has 1 atom stereocenters. The van der Waals surface area contributed by atoms with E-state index in [0.717, 1.165) is 6.42 Å². The lowest BCUT2D eigenvalue weighted by molar-refractivity contribution is -0.00621. The number of nitrogen functional groups attached to an aromatic ring is 1. The number of ether oxygens (including phenoxy) is 2. The van der Waals surface area contributed by atoms with Gasteiger partial charge in [-0.15, -0.1) is 0 Å². The van der Waals surface area contributed by atoms with Crippen molar-refractivity contribution in [2.45, 2.75) is 12.0 Å². The van der Waals surface area contributed by atoms with Crippen molar-refractivity contribution in [3.63, 3.8) is 0 Å². The Morgan fingerprint density at radius 3 is 3.00 bits per heavy atom. The summed E-state index contributed by atoms with van der Waals surface area (Å²) >= 11 is 0. The van der Waals surface area contributed by atoms with Crippen molar-refractivity contribution in [1.82, 2.24) is 0 Å². The number of carbonyl (C=O) groups is 1. The smallest absolute Gasteiger partial charge is 0.337 e. The number of nitrogens with one attached hydrogen (secondary N) is 1. The van der Waals surface area contributed by atoms with Crippen LogP contribution in [0.2, 0.25) is 0 Å². The van der Waals surface area contributed by atoms with Crippen molar-refractivity contribution >= 4 is 17.3 Å². The highest BCUT2D eigenvalue weighted by Gasteiger charge is 2.35. The Kier molecular flexibility index (Phi) is 3.92. The van der Waals surface area contributed by atoms with Gasteiger partial charge in [0.1, 0.15) is 5.60 Å². The molecule has 0 spiro atoms. The molecule has 2 rings (SSSR count). The summed E-state index contributed by atoms with van der Waals surface area (Å²) in [6.07, 6.45) is 0.769. The average molecular weight is 266 g/mol. The first kappa shape index (κ1) is 13.6. The van der Waals surface area contributed by atoms with E-state index < -0.39 is 11.6 Å². The summed E-state index contributed by atoms with van der Waals surface area (Å²) < 4.78 is 10.8. The van der Waals surface area contributed by atoms with Crippen LogP contribution >= 0.6 is 0 Å². The number of para-hydroxylation sites is 1. The minimum absolute atomic E-state index is 0.158. The number of hydrogen-bond donors (Lipinski definition) is 3. The van der Waals surface area contributed by atoms with Gasteiger partial charge in [-0.25, -0.2) is 4.79 Å². The van der Waals surface area contributed by atoms with E-state index in [9.17, 15) is 4.79 Å². The Morgan fingerprint density at radius 1 is 1.63 bits per heavy atom. The van der Waals surface area contributed by atoms with E-state index in [1.165, 1.54) is 6.07 Å². The number of rotatable bonds is 5. The molecule has 19 heavy (non-hydrogen) atoms. The van der Waals surface area contributed by atoms with Gasteiger partial charge >= 0.3 is 5.97 Å². The third-order valence-electron chi connectivity index (χ3n) is 3.41. The average Bonchev–Trinajstić information content (AvgIpc) is 2.86. The third-order valence-corrected chi connectivity index (χ3v) is 3.41. The van der Waals surface area contributed by atoms with Gasteiger partial charge in [0.2, 0.25) is 0 Å². The number of nitrogens with two attached hydrogens (primary N) is 1. The first-order valence-electron chi connectivity index (χ1n) is 6.06. The molecule has 1 heterocycles. The van der Waals surface area contributed by atoms with Gasteiger partial charge in [-0.1, -0.05) is 6.07 Å². The second-order valence-corrected chi connectivity index (χ2v) is 4.62. The molecule has 0 bridgehead atoms. The Balaban J connectivity index is 2.17. The second-order valence-electron chi connectivity index (χ2n) is 4.62. The SMILES string of the molecule is COC1(CNc2c(N)cccc2C(=O)O)CCOC1. The summed E-state index contributed by atoms with van der Waals surface area (Å²) in [5.41, 5.74) is 6.41. The molecule has 1 unspecified atom stereocenters. The number of hydrogen-bond acceptors (Lipinski definition) is 5. The maximum absolute atomic E-state index is 11.2. The van der Waals surface area contributed by atoms with Crippen LogP contribution in [0.15, 0.2) is 18.2 Å². The van der Waals surface area contributed by atoms with Crippen LogP contribution < -0.4 is 11.1 Å². The molecule has 1 aromatic rings. The van der Waals surface area contributed by atoms with Crippen LogP contribution in [-0.2, 0) is 9.47 Å². The quantitative estimate of drug-likeness (QED) is 0.693. The van der Waals surface area contributed by atoms with Crippen LogP contribution in [0.25, 0.3) is 0 Å². The third kappa shape index (κ3) is 2.80. The first-order valence-corrected chi connectivity index (χ1v) is 6.06. The molecule has 6 heteroatoms.